The number of nitrogens with zero attached hydrogens (tertiary/aromatic N) is 2. The first-order valence-corrected chi connectivity index (χ1v) is 4.75. The van der Waals surface area contributed by atoms with E-state index in [0.717, 1.165) is 5.06 Å². The lowest BCUT2D eigenvalue weighted by molar-refractivity contribution is -0.567. The van der Waals surface area contributed by atoms with Gasteiger partial charge in [-0.15, -0.1) is 5.06 Å². The first kappa shape index (κ1) is 10.7. The Morgan fingerprint density at radius 3 is 3.00 bits per heavy atom. The summed E-state index contributed by atoms with van der Waals surface area (Å²) in [6.45, 7) is 0.477. The van der Waals surface area contributed by atoms with Crippen molar-refractivity contribution in [2.45, 2.75) is 6.35 Å². The Hall–Kier alpha value is -1.86. The number of fused-ring (bicyclic) bond motifs is 1. The van der Waals surface area contributed by atoms with Gasteiger partial charge in [0.25, 0.3) is 0 Å². The molecule has 0 bridgehead atoms. The zero-order chi connectivity index (χ0) is 11.5. The van der Waals surface area contributed by atoms with Crippen molar-refractivity contribution in [2.24, 2.45) is 5.73 Å². The molecular formula is C9H11N3O4. The van der Waals surface area contributed by atoms with Gasteiger partial charge < -0.3 is 10.5 Å². The van der Waals surface area contributed by atoms with Crippen LogP contribution in [0.2, 0.25) is 0 Å². The molecule has 1 unspecified atom stereocenters. The van der Waals surface area contributed by atoms with Gasteiger partial charge >= 0.3 is 6.35 Å². The van der Waals surface area contributed by atoms with Gasteiger partial charge in [0.05, 0.1) is 11.5 Å². The van der Waals surface area contributed by atoms with E-state index in [4.69, 9.17) is 15.3 Å². The second kappa shape index (κ2) is 4.33. The van der Waals surface area contributed by atoms with Crippen molar-refractivity contribution in [3.63, 3.8) is 0 Å². The molecule has 1 atom stereocenters. The number of benzene rings is 1. The molecule has 0 radical (unpaired) electrons. The van der Waals surface area contributed by atoms with Gasteiger partial charge in [-0.25, -0.2) is 0 Å². The number of nitrogens with two attached hydrogens (primary N) is 1. The first-order valence-electron chi connectivity index (χ1n) is 4.75. The van der Waals surface area contributed by atoms with Gasteiger partial charge in [-0.05, 0) is 12.1 Å². The van der Waals surface area contributed by atoms with E-state index >= 15 is 0 Å². The van der Waals surface area contributed by atoms with Crippen molar-refractivity contribution in [3.05, 3.63) is 34.4 Å². The third-order valence-electron chi connectivity index (χ3n) is 2.06. The Labute approximate surface area is 91.5 Å². The topological polar surface area (TPSA) is 90.9 Å². The predicted molar refractivity (Wildman–Crippen MR) is 55.3 cm³/mol. The van der Waals surface area contributed by atoms with E-state index in [1.165, 1.54) is 0 Å². The lowest BCUT2D eigenvalue weighted by atomic mass is 10.3. The van der Waals surface area contributed by atoms with Gasteiger partial charge in [0.15, 0.2) is 5.75 Å². The average molecular weight is 225 g/mol. The molecule has 2 rings (SSSR count). The molecule has 1 aromatic rings. The number of rotatable bonds is 4. The zero-order valence-electron chi connectivity index (χ0n) is 8.41. The van der Waals surface area contributed by atoms with E-state index in [9.17, 15) is 10.1 Å². The number of hydroxylamine groups is 1. The third-order valence-corrected chi connectivity index (χ3v) is 2.06. The van der Waals surface area contributed by atoms with Crippen molar-refractivity contribution in [2.75, 3.05) is 18.2 Å². The fraction of sp³-hybridized carbons (Fsp3) is 0.333. The van der Waals surface area contributed by atoms with Gasteiger partial charge in [0, 0.05) is 6.54 Å². The van der Waals surface area contributed by atoms with Gasteiger partial charge in [-0.3, -0.25) is 15.0 Å². The molecule has 0 spiro atoms. The highest BCUT2D eigenvalue weighted by Crippen LogP contribution is 2.36. The molecule has 1 aliphatic heterocycles. The van der Waals surface area contributed by atoms with Crippen molar-refractivity contribution in [3.8, 4) is 5.75 Å². The summed E-state index contributed by atoms with van der Waals surface area (Å²) in [5.74, 6) is 0.432. The third kappa shape index (κ3) is 1.77. The van der Waals surface area contributed by atoms with Gasteiger partial charge in [-0.2, -0.15) is 0 Å². The smallest absolute Gasteiger partial charge is 0.409 e. The van der Waals surface area contributed by atoms with E-state index < -0.39 is 11.3 Å². The molecule has 0 saturated heterocycles. The molecular weight excluding hydrogens is 214 g/mol. The highest BCUT2D eigenvalue weighted by atomic mass is 16.8. The van der Waals surface area contributed by atoms with Crippen LogP contribution in [0, 0.1) is 10.1 Å². The summed E-state index contributed by atoms with van der Waals surface area (Å²) < 4.78 is 5.14. The molecule has 1 heterocycles. The number of nitro groups is 1. The van der Waals surface area contributed by atoms with Crippen LogP contribution in [0.4, 0.5) is 5.69 Å². The van der Waals surface area contributed by atoms with Crippen LogP contribution in [-0.2, 0) is 4.84 Å². The maximum atomic E-state index is 10.8. The first-order chi connectivity index (χ1) is 7.74. The summed E-state index contributed by atoms with van der Waals surface area (Å²) in [5.41, 5.74) is 5.83. The predicted octanol–water partition coefficient (Wildman–Crippen LogP) is 0.336. The number of anilines is 1. The van der Waals surface area contributed by atoms with E-state index in [-0.39, 0.29) is 13.2 Å². The minimum atomic E-state index is -1.34. The average Bonchev–Trinajstić information content (AvgIpc) is 2.65. The minimum Gasteiger partial charge on any atom is -0.409 e. The summed E-state index contributed by atoms with van der Waals surface area (Å²) >= 11 is 0. The molecule has 7 nitrogen and oxygen atoms in total. The van der Waals surface area contributed by atoms with Crippen molar-refractivity contribution < 1.29 is 14.5 Å². The van der Waals surface area contributed by atoms with E-state index in [0.29, 0.717) is 11.4 Å². The number of hydrogen-bond donors (Lipinski definition) is 1. The number of ether oxygens (including phenoxy) is 1. The summed E-state index contributed by atoms with van der Waals surface area (Å²) in [6, 6.07) is 6.83. The van der Waals surface area contributed by atoms with Crippen molar-refractivity contribution >= 4 is 5.69 Å². The largest absolute Gasteiger partial charge is 0.463 e. The molecule has 0 fully saturated rings. The summed E-state index contributed by atoms with van der Waals surface area (Å²) in [5, 5.41) is 11.9. The fourth-order valence-corrected chi connectivity index (χ4v) is 1.43. The maximum Gasteiger partial charge on any atom is 0.463 e. The molecule has 0 amide bonds. The Morgan fingerprint density at radius 2 is 2.31 bits per heavy atom. The standard InChI is InChI=1S/C9H11N3O4/c10-5-6-15-11-7-3-1-2-4-8(7)16-9(11)12(13)14/h1-4,9H,5-6,10H2. The summed E-state index contributed by atoms with van der Waals surface area (Å²) in [7, 11) is 0. The molecule has 1 aliphatic rings. The number of hydrogen-bond acceptors (Lipinski definition) is 6. The molecule has 86 valence electrons. The summed E-state index contributed by atoms with van der Waals surface area (Å²) in [4.78, 5) is 15.4. The van der Waals surface area contributed by atoms with Crippen LogP contribution in [0.25, 0.3) is 0 Å². The van der Waals surface area contributed by atoms with Crippen LogP contribution in [0.5, 0.6) is 5.75 Å². The van der Waals surface area contributed by atoms with E-state index in [1.807, 2.05) is 0 Å². The minimum absolute atomic E-state index is 0.196. The molecule has 16 heavy (non-hydrogen) atoms. The maximum absolute atomic E-state index is 10.8. The Balaban J connectivity index is 2.25. The lowest BCUT2D eigenvalue weighted by Gasteiger charge is -2.17. The van der Waals surface area contributed by atoms with Crippen LogP contribution >= 0.6 is 0 Å². The van der Waals surface area contributed by atoms with E-state index in [2.05, 4.69) is 0 Å². The number of para-hydroxylation sites is 2. The van der Waals surface area contributed by atoms with Gasteiger partial charge in [-0.1, -0.05) is 12.1 Å². The molecule has 7 heteroatoms. The SMILES string of the molecule is NCCON1c2ccccc2OC1[N+](=O)[O-]. The quantitative estimate of drug-likeness (QED) is 0.586. The van der Waals surface area contributed by atoms with Crippen molar-refractivity contribution in [1.82, 2.24) is 0 Å². The van der Waals surface area contributed by atoms with E-state index in [1.54, 1.807) is 24.3 Å². The molecule has 0 saturated carbocycles. The second-order valence-electron chi connectivity index (χ2n) is 3.14. The van der Waals surface area contributed by atoms with Crippen LogP contribution in [0.1, 0.15) is 0 Å². The highest BCUT2D eigenvalue weighted by Gasteiger charge is 2.40. The molecule has 0 aliphatic carbocycles. The summed E-state index contributed by atoms with van der Waals surface area (Å²) in [6.07, 6.45) is -1.34. The molecule has 2 N–H and O–H groups in total. The van der Waals surface area contributed by atoms with Crippen molar-refractivity contribution in [1.29, 1.82) is 0 Å². The Kier molecular flexibility index (Phi) is 2.88. The second-order valence-corrected chi connectivity index (χ2v) is 3.14. The normalized spacial score (nSPS) is 18.1. The van der Waals surface area contributed by atoms with Crippen LogP contribution in [-0.4, -0.2) is 24.4 Å². The fourth-order valence-electron chi connectivity index (χ4n) is 1.43. The monoisotopic (exact) mass is 225 g/mol. The van der Waals surface area contributed by atoms with Gasteiger partial charge in [0.2, 0.25) is 0 Å². The van der Waals surface area contributed by atoms with Crippen LogP contribution in [0.3, 0.4) is 0 Å². The molecule has 0 aromatic heterocycles. The van der Waals surface area contributed by atoms with Crippen LogP contribution < -0.4 is 15.5 Å². The van der Waals surface area contributed by atoms with Gasteiger partial charge in [0.1, 0.15) is 5.69 Å². The Bertz CT molecular complexity index is 398. The zero-order valence-corrected chi connectivity index (χ0v) is 8.41. The molecule has 1 aromatic carbocycles. The highest BCUT2D eigenvalue weighted by molar-refractivity contribution is 5.59. The van der Waals surface area contributed by atoms with Crippen LogP contribution in [0.15, 0.2) is 24.3 Å². The lowest BCUT2D eigenvalue weighted by Crippen LogP contribution is -2.41. The Morgan fingerprint density at radius 1 is 1.56 bits per heavy atom.